The maximum Gasteiger partial charge on any atom is 0.229 e. The molecule has 0 saturated carbocycles. The number of benzene rings is 1. The van der Waals surface area contributed by atoms with Gasteiger partial charge in [-0.05, 0) is 37.6 Å². The number of anilines is 1. The van der Waals surface area contributed by atoms with Crippen LogP contribution in [0.3, 0.4) is 0 Å². The number of pyridine rings is 1. The number of aromatic nitrogens is 2. The molecule has 1 amide bonds. The van der Waals surface area contributed by atoms with Crippen molar-refractivity contribution in [2.75, 3.05) is 11.9 Å². The summed E-state index contributed by atoms with van der Waals surface area (Å²) in [6, 6.07) is 11.6. The van der Waals surface area contributed by atoms with Crippen molar-refractivity contribution in [3.05, 3.63) is 59.1 Å². The zero-order chi connectivity index (χ0) is 17.6. The van der Waals surface area contributed by atoms with Gasteiger partial charge in [0, 0.05) is 11.6 Å². The minimum absolute atomic E-state index is 0.119. The van der Waals surface area contributed by atoms with Gasteiger partial charge in [0.1, 0.15) is 11.4 Å². The highest BCUT2D eigenvalue weighted by Gasteiger charge is 2.09. The van der Waals surface area contributed by atoms with Crippen LogP contribution in [-0.2, 0) is 4.79 Å². The molecule has 0 radical (unpaired) electrons. The lowest BCUT2D eigenvalue weighted by Gasteiger charge is -2.09. The van der Waals surface area contributed by atoms with E-state index < -0.39 is 0 Å². The zero-order valence-corrected chi connectivity index (χ0v) is 15.0. The number of hydrogen-bond acceptors (Lipinski definition) is 5. The second kappa shape index (κ2) is 7.90. The van der Waals surface area contributed by atoms with E-state index in [2.05, 4.69) is 21.4 Å². The number of ether oxygens (including phenoxy) is 1. The number of thiazole rings is 1. The van der Waals surface area contributed by atoms with E-state index in [-0.39, 0.29) is 12.3 Å². The van der Waals surface area contributed by atoms with Gasteiger partial charge in [0.2, 0.25) is 5.91 Å². The Morgan fingerprint density at radius 2 is 2.08 bits per heavy atom. The smallest absolute Gasteiger partial charge is 0.229 e. The summed E-state index contributed by atoms with van der Waals surface area (Å²) < 4.78 is 5.69. The molecule has 0 aliphatic rings. The zero-order valence-electron chi connectivity index (χ0n) is 14.2. The molecule has 1 aromatic carbocycles. The summed E-state index contributed by atoms with van der Waals surface area (Å²) >= 11 is 1.38. The molecule has 0 atom stereocenters. The average Bonchev–Trinajstić information content (AvgIpc) is 3.06. The van der Waals surface area contributed by atoms with Gasteiger partial charge in [-0.25, -0.2) is 4.98 Å². The average molecular weight is 353 g/mol. The van der Waals surface area contributed by atoms with Crippen LogP contribution in [0.1, 0.15) is 17.5 Å². The molecule has 0 unspecified atom stereocenters. The fourth-order valence-corrected chi connectivity index (χ4v) is 3.08. The lowest BCUT2D eigenvalue weighted by atomic mass is 10.1. The summed E-state index contributed by atoms with van der Waals surface area (Å²) in [5.74, 6) is 0.691. The van der Waals surface area contributed by atoms with Crippen LogP contribution in [0.25, 0.3) is 11.4 Å². The third-order valence-electron chi connectivity index (χ3n) is 3.59. The van der Waals surface area contributed by atoms with Gasteiger partial charge < -0.3 is 10.1 Å². The highest BCUT2D eigenvalue weighted by atomic mass is 32.1. The molecule has 25 heavy (non-hydrogen) atoms. The van der Waals surface area contributed by atoms with E-state index in [1.807, 2.05) is 49.6 Å². The Morgan fingerprint density at radius 3 is 2.84 bits per heavy atom. The maximum absolute atomic E-state index is 12.0. The summed E-state index contributed by atoms with van der Waals surface area (Å²) in [6.07, 6.45) is 1.99. The first-order valence-corrected chi connectivity index (χ1v) is 8.86. The van der Waals surface area contributed by atoms with Crippen molar-refractivity contribution in [1.29, 1.82) is 0 Å². The highest BCUT2D eigenvalue weighted by Crippen LogP contribution is 2.23. The van der Waals surface area contributed by atoms with Gasteiger partial charge in [-0.2, -0.15) is 0 Å². The predicted octanol–water partition coefficient (Wildman–Crippen LogP) is 4.23. The molecule has 2 heterocycles. The molecule has 3 rings (SSSR count). The normalized spacial score (nSPS) is 10.5. The lowest BCUT2D eigenvalue weighted by Crippen LogP contribution is -2.15. The maximum atomic E-state index is 12.0. The van der Waals surface area contributed by atoms with Crippen molar-refractivity contribution < 1.29 is 9.53 Å². The Morgan fingerprint density at radius 1 is 1.20 bits per heavy atom. The van der Waals surface area contributed by atoms with E-state index in [0.717, 1.165) is 22.7 Å². The molecule has 0 spiro atoms. The molecular weight excluding hydrogens is 334 g/mol. The van der Waals surface area contributed by atoms with Crippen LogP contribution in [0.4, 0.5) is 5.13 Å². The summed E-state index contributed by atoms with van der Waals surface area (Å²) in [4.78, 5) is 20.7. The lowest BCUT2D eigenvalue weighted by molar-refractivity contribution is -0.116. The van der Waals surface area contributed by atoms with E-state index >= 15 is 0 Å². The highest BCUT2D eigenvalue weighted by molar-refractivity contribution is 7.14. The van der Waals surface area contributed by atoms with Crippen LogP contribution in [-0.4, -0.2) is 22.5 Å². The van der Waals surface area contributed by atoms with Crippen LogP contribution in [0.5, 0.6) is 5.75 Å². The number of nitrogens with one attached hydrogen (secondary N) is 1. The van der Waals surface area contributed by atoms with Crippen molar-refractivity contribution in [3.63, 3.8) is 0 Å². The van der Waals surface area contributed by atoms with Crippen LogP contribution in [0, 0.1) is 13.8 Å². The second-order valence-corrected chi connectivity index (χ2v) is 6.53. The Bertz CT molecular complexity index is 862. The molecule has 5 nitrogen and oxygen atoms in total. The van der Waals surface area contributed by atoms with Crippen molar-refractivity contribution in [1.82, 2.24) is 9.97 Å². The fraction of sp³-hybridized carbons (Fsp3) is 0.211. The van der Waals surface area contributed by atoms with Crippen LogP contribution < -0.4 is 10.1 Å². The molecule has 2 aromatic heterocycles. The van der Waals surface area contributed by atoms with E-state index in [1.165, 1.54) is 16.9 Å². The van der Waals surface area contributed by atoms with Gasteiger partial charge in [-0.1, -0.05) is 23.8 Å². The molecule has 0 aliphatic carbocycles. The minimum atomic E-state index is -0.119. The summed E-state index contributed by atoms with van der Waals surface area (Å²) in [7, 11) is 0. The van der Waals surface area contributed by atoms with Gasteiger partial charge in [0.15, 0.2) is 5.13 Å². The van der Waals surface area contributed by atoms with Crippen molar-refractivity contribution in [2.24, 2.45) is 0 Å². The fourth-order valence-electron chi connectivity index (χ4n) is 2.36. The Balaban J connectivity index is 1.50. The summed E-state index contributed by atoms with van der Waals surface area (Å²) in [6.45, 7) is 4.36. The number of amides is 1. The molecule has 0 aliphatic heterocycles. The SMILES string of the molecule is Cc1ccc(OCCC(=O)Nc2nc(-c3ccccn3)cs2)c(C)c1. The summed E-state index contributed by atoms with van der Waals surface area (Å²) in [5, 5.41) is 5.25. The Labute approximate surface area is 150 Å². The first-order chi connectivity index (χ1) is 12.1. The van der Waals surface area contributed by atoms with Crippen LogP contribution in [0.2, 0.25) is 0 Å². The number of aryl methyl sites for hydroxylation is 2. The molecule has 3 aromatic rings. The first-order valence-electron chi connectivity index (χ1n) is 7.98. The standard InChI is InChI=1S/C19H19N3O2S/c1-13-6-7-17(14(2)11-13)24-10-8-18(23)22-19-21-16(12-25-19)15-5-3-4-9-20-15/h3-7,9,11-12H,8,10H2,1-2H3,(H,21,22,23). The summed E-state index contributed by atoms with van der Waals surface area (Å²) in [5.41, 5.74) is 3.81. The topological polar surface area (TPSA) is 64.1 Å². The van der Waals surface area contributed by atoms with Crippen LogP contribution in [0.15, 0.2) is 48.0 Å². The monoisotopic (exact) mass is 353 g/mol. The number of hydrogen-bond donors (Lipinski definition) is 1. The molecule has 128 valence electrons. The number of carbonyl (C=O) groups excluding carboxylic acids is 1. The molecule has 1 N–H and O–H groups in total. The molecule has 0 fully saturated rings. The van der Waals surface area contributed by atoms with Gasteiger partial charge in [-0.15, -0.1) is 11.3 Å². The number of rotatable bonds is 6. The van der Waals surface area contributed by atoms with Gasteiger partial charge in [-0.3, -0.25) is 9.78 Å². The van der Waals surface area contributed by atoms with Crippen molar-refractivity contribution in [2.45, 2.75) is 20.3 Å². The minimum Gasteiger partial charge on any atom is -0.493 e. The van der Waals surface area contributed by atoms with Crippen molar-refractivity contribution >= 4 is 22.4 Å². The van der Waals surface area contributed by atoms with Gasteiger partial charge in [0.25, 0.3) is 0 Å². The predicted molar refractivity (Wildman–Crippen MR) is 100 cm³/mol. The Hall–Kier alpha value is -2.73. The molecule has 6 heteroatoms. The molecule has 0 saturated heterocycles. The number of nitrogens with zero attached hydrogens (tertiary/aromatic N) is 2. The largest absolute Gasteiger partial charge is 0.493 e. The van der Waals surface area contributed by atoms with Gasteiger partial charge >= 0.3 is 0 Å². The third-order valence-corrected chi connectivity index (χ3v) is 4.35. The van der Waals surface area contributed by atoms with Crippen LogP contribution >= 0.6 is 11.3 Å². The second-order valence-electron chi connectivity index (χ2n) is 5.67. The van der Waals surface area contributed by atoms with E-state index in [4.69, 9.17) is 4.74 Å². The van der Waals surface area contributed by atoms with Gasteiger partial charge in [0.05, 0.1) is 18.7 Å². The number of carbonyl (C=O) groups is 1. The molecule has 0 bridgehead atoms. The van der Waals surface area contributed by atoms with E-state index in [1.54, 1.807) is 6.20 Å². The van der Waals surface area contributed by atoms with Crippen molar-refractivity contribution in [3.8, 4) is 17.1 Å². The van der Waals surface area contributed by atoms with E-state index in [0.29, 0.717) is 11.7 Å². The van der Waals surface area contributed by atoms with E-state index in [9.17, 15) is 4.79 Å². The third kappa shape index (κ3) is 4.64. The Kier molecular flexibility index (Phi) is 5.40. The molecular formula is C19H19N3O2S. The quantitative estimate of drug-likeness (QED) is 0.720. The first kappa shape index (κ1) is 17.1.